The summed E-state index contributed by atoms with van der Waals surface area (Å²) in [4.78, 5) is 22.7. The highest BCUT2D eigenvalue weighted by Gasteiger charge is 2.23. The SMILES string of the molecule is CC(NC(=O)c1cccn1CC(=O)O)C(C)(C)C. The highest BCUT2D eigenvalue weighted by molar-refractivity contribution is 5.93. The highest BCUT2D eigenvalue weighted by atomic mass is 16.4. The Morgan fingerprint density at radius 1 is 1.44 bits per heavy atom. The minimum atomic E-state index is -0.968. The summed E-state index contributed by atoms with van der Waals surface area (Å²) in [6.45, 7) is 7.83. The molecule has 0 fully saturated rings. The number of carboxylic acids is 1. The Balaban J connectivity index is 2.79. The number of carbonyl (C=O) groups excluding carboxylic acids is 1. The van der Waals surface area contributed by atoms with Crippen molar-refractivity contribution in [1.29, 1.82) is 0 Å². The van der Waals surface area contributed by atoms with E-state index in [2.05, 4.69) is 5.32 Å². The zero-order valence-electron chi connectivity index (χ0n) is 11.2. The third-order valence-corrected chi connectivity index (χ3v) is 3.01. The number of carboxylic acid groups (broad SMARTS) is 1. The predicted octanol–water partition coefficient (Wildman–Crippen LogP) is 1.74. The van der Waals surface area contributed by atoms with Gasteiger partial charge < -0.3 is 15.0 Å². The van der Waals surface area contributed by atoms with E-state index in [0.717, 1.165) is 0 Å². The van der Waals surface area contributed by atoms with E-state index in [0.29, 0.717) is 5.69 Å². The van der Waals surface area contributed by atoms with Crippen molar-refractivity contribution < 1.29 is 14.7 Å². The van der Waals surface area contributed by atoms with Crippen LogP contribution in [0.3, 0.4) is 0 Å². The summed E-state index contributed by atoms with van der Waals surface area (Å²) in [5, 5.41) is 11.6. The standard InChI is InChI=1S/C13H20N2O3/c1-9(13(2,3)4)14-12(18)10-6-5-7-15(10)8-11(16)17/h5-7,9H,8H2,1-4H3,(H,14,18)(H,16,17). The van der Waals surface area contributed by atoms with Crippen molar-refractivity contribution in [3.63, 3.8) is 0 Å². The van der Waals surface area contributed by atoms with Crippen molar-refractivity contribution >= 4 is 11.9 Å². The lowest BCUT2D eigenvalue weighted by Crippen LogP contribution is -2.42. The molecule has 0 bridgehead atoms. The molecule has 1 aromatic rings. The smallest absolute Gasteiger partial charge is 0.323 e. The topological polar surface area (TPSA) is 71.3 Å². The summed E-state index contributed by atoms with van der Waals surface area (Å²) in [5.74, 6) is -1.22. The van der Waals surface area contributed by atoms with Crippen LogP contribution in [0.1, 0.15) is 38.2 Å². The zero-order chi connectivity index (χ0) is 13.9. The van der Waals surface area contributed by atoms with Crippen LogP contribution >= 0.6 is 0 Å². The van der Waals surface area contributed by atoms with E-state index in [-0.39, 0.29) is 23.9 Å². The molecule has 1 unspecified atom stereocenters. The number of hydrogen-bond donors (Lipinski definition) is 2. The third kappa shape index (κ3) is 3.61. The Labute approximate surface area is 107 Å². The molecule has 18 heavy (non-hydrogen) atoms. The van der Waals surface area contributed by atoms with Crippen LogP contribution in [0.5, 0.6) is 0 Å². The number of aliphatic carboxylic acids is 1. The largest absolute Gasteiger partial charge is 0.480 e. The van der Waals surface area contributed by atoms with Gasteiger partial charge in [-0.2, -0.15) is 0 Å². The number of carbonyl (C=O) groups is 2. The molecule has 0 aliphatic carbocycles. The van der Waals surface area contributed by atoms with Gasteiger partial charge >= 0.3 is 5.97 Å². The molecule has 5 heteroatoms. The second-order valence-corrected chi connectivity index (χ2v) is 5.48. The van der Waals surface area contributed by atoms with Crippen LogP contribution in [-0.4, -0.2) is 27.6 Å². The van der Waals surface area contributed by atoms with Crippen molar-refractivity contribution in [2.45, 2.75) is 40.3 Å². The molecule has 1 atom stereocenters. The van der Waals surface area contributed by atoms with Crippen molar-refractivity contribution in [3.8, 4) is 0 Å². The molecule has 0 saturated carbocycles. The third-order valence-electron chi connectivity index (χ3n) is 3.01. The fourth-order valence-electron chi connectivity index (χ4n) is 1.39. The first kappa shape index (κ1) is 14.3. The van der Waals surface area contributed by atoms with Crippen LogP contribution in [0.2, 0.25) is 0 Å². The summed E-state index contributed by atoms with van der Waals surface area (Å²) >= 11 is 0. The van der Waals surface area contributed by atoms with Gasteiger partial charge in [-0.3, -0.25) is 9.59 Å². The van der Waals surface area contributed by atoms with E-state index in [1.807, 2.05) is 27.7 Å². The Morgan fingerprint density at radius 3 is 2.56 bits per heavy atom. The number of rotatable bonds is 4. The van der Waals surface area contributed by atoms with Gasteiger partial charge in [0.1, 0.15) is 12.2 Å². The first-order valence-electron chi connectivity index (χ1n) is 5.89. The van der Waals surface area contributed by atoms with Crippen LogP contribution < -0.4 is 5.32 Å². The fourth-order valence-corrected chi connectivity index (χ4v) is 1.39. The minimum Gasteiger partial charge on any atom is -0.480 e. The van der Waals surface area contributed by atoms with Gasteiger partial charge in [0.25, 0.3) is 5.91 Å². The average molecular weight is 252 g/mol. The highest BCUT2D eigenvalue weighted by Crippen LogP contribution is 2.19. The van der Waals surface area contributed by atoms with Gasteiger partial charge in [0.2, 0.25) is 0 Å². The maximum Gasteiger partial charge on any atom is 0.323 e. The molecule has 5 nitrogen and oxygen atoms in total. The normalized spacial score (nSPS) is 13.1. The maximum atomic E-state index is 12.0. The van der Waals surface area contributed by atoms with E-state index in [1.54, 1.807) is 18.3 Å². The molecule has 1 heterocycles. The zero-order valence-corrected chi connectivity index (χ0v) is 11.2. The molecule has 100 valence electrons. The molecule has 0 spiro atoms. The van der Waals surface area contributed by atoms with Crippen molar-refractivity contribution in [1.82, 2.24) is 9.88 Å². The van der Waals surface area contributed by atoms with Crippen molar-refractivity contribution in [2.24, 2.45) is 5.41 Å². The number of nitrogens with one attached hydrogen (secondary N) is 1. The molecular formula is C13H20N2O3. The number of hydrogen-bond acceptors (Lipinski definition) is 2. The molecule has 0 aromatic carbocycles. The monoisotopic (exact) mass is 252 g/mol. The van der Waals surface area contributed by atoms with Crippen LogP contribution in [0.15, 0.2) is 18.3 Å². The molecule has 2 N–H and O–H groups in total. The van der Waals surface area contributed by atoms with Gasteiger partial charge in [0.05, 0.1) is 0 Å². The van der Waals surface area contributed by atoms with Gasteiger partial charge in [-0.25, -0.2) is 0 Å². The van der Waals surface area contributed by atoms with Gasteiger partial charge in [-0.15, -0.1) is 0 Å². The quantitative estimate of drug-likeness (QED) is 0.857. The Kier molecular flexibility index (Phi) is 4.16. The first-order chi connectivity index (χ1) is 8.21. The van der Waals surface area contributed by atoms with Crippen molar-refractivity contribution in [3.05, 3.63) is 24.0 Å². The Bertz CT molecular complexity index is 443. The lowest BCUT2D eigenvalue weighted by Gasteiger charge is -2.28. The average Bonchev–Trinajstić information content (AvgIpc) is 2.63. The van der Waals surface area contributed by atoms with Gasteiger partial charge in [-0.1, -0.05) is 20.8 Å². The van der Waals surface area contributed by atoms with Crippen LogP contribution in [-0.2, 0) is 11.3 Å². The van der Waals surface area contributed by atoms with Gasteiger partial charge in [-0.05, 0) is 24.5 Å². The molecule has 0 saturated heterocycles. The lowest BCUT2D eigenvalue weighted by molar-refractivity contribution is -0.137. The first-order valence-corrected chi connectivity index (χ1v) is 5.89. The van der Waals surface area contributed by atoms with E-state index >= 15 is 0 Å². The van der Waals surface area contributed by atoms with E-state index in [9.17, 15) is 9.59 Å². The maximum absolute atomic E-state index is 12.0. The molecule has 0 aliphatic rings. The molecule has 1 rings (SSSR count). The summed E-state index contributed by atoms with van der Waals surface area (Å²) in [6.07, 6.45) is 1.59. The van der Waals surface area contributed by atoms with Gasteiger partial charge in [0, 0.05) is 12.2 Å². The second-order valence-electron chi connectivity index (χ2n) is 5.48. The minimum absolute atomic E-state index is 0.00169. The molecule has 1 aromatic heterocycles. The van der Waals surface area contributed by atoms with Crippen molar-refractivity contribution in [2.75, 3.05) is 0 Å². The van der Waals surface area contributed by atoms with E-state index in [1.165, 1.54) is 4.57 Å². The lowest BCUT2D eigenvalue weighted by atomic mass is 9.88. The summed E-state index contributed by atoms with van der Waals surface area (Å²) in [6, 6.07) is 3.28. The number of amides is 1. The second kappa shape index (κ2) is 5.25. The van der Waals surface area contributed by atoms with E-state index in [4.69, 9.17) is 5.11 Å². The Morgan fingerprint density at radius 2 is 2.06 bits per heavy atom. The van der Waals surface area contributed by atoms with Crippen LogP contribution in [0, 0.1) is 5.41 Å². The fraction of sp³-hybridized carbons (Fsp3) is 0.538. The molecular weight excluding hydrogens is 232 g/mol. The van der Waals surface area contributed by atoms with E-state index < -0.39 is 5.97 Å². The summed E-state index contributed by atoms with van der Waals surface area (Å²) in [5.41, 5.74) is 0.327. The number of aromatic nitrogens is 1. The molecule has 1 amide bonds. The summed E-state index contributed by atoms with van der Waals surface area (Å²) < 4.78 is 1.42. The number of nitrogens with zero attached hydrogens (tertiary/aromatic N) is 1. The van der Waals surface area contributed by atoms with Crippen LogP contribution in [0.4, 0.5) is 0 Å². The molecule has 0 aliphatic heterocycles. The Hall–Kier alpha value is -1.78. The predicted molar refractivity (Wildman–Crippen MR) is 68.5 cm³/mol. The van der Waals surface area contributed by atoms with Gasteiger partial charge in [0.15, 0.2) is 0 Å². The molecule has 0 radical (unpaired) electrons. The van der Waals surface area contributed by atoms with Crippen LogP contribution in [0.25, 0.3) is 0 Å². The summed E-state index contributed by atoms with van der Waals surface area (Å²) in [7, 11) is 0.